The maximum atomic E-state index is 4.76. The Bertz CT molecular complexity index is 491. The van der Waals surface area contributed by atoms with Gasteiger partial charge >= 0.3 is 0 Å². The molecule has 1 heterocycles. The van der Waals surface area contributed by atoms with Crippen molar-refractivity contribution < 1.29 is 0 Å². The molecular formula is C16H25N3. The van der Waals surface area contributed by atoms with Crippen LogP contribution in [-0.4, -0.2) is 23.1 Å². The molecule has 0 N–H and O–H groups in total. The van der Waals surface area contributed by atoms with E-state index in [1.54, 1.807) is 0 Å². The third-order valence-electron chi connectivity index (χ3n) is 5.24. The van der Waals surface area contributed by atoms with E-state index >= 15 is 0 Å². The van der Waals surface area contributed by atoms with Gasteiger partial charge in [0.25, 0.3) is 0 Å². The summed E-state index contributed by atoms with van der Waals surface area (Å²) >= 11 is 0. The summed E-state index contributed by atoms with van der Waals surface area (Å²) in [5.74, 6) is 2.12. The number of hydrogen-bond acceptors (Lipinski definition) is 3. The number of aromatic nitrogens is 2. The minimum Gasteiger partial charge on any atom is -0.356 e. The van der Waals surface area contributed by atoms with Crippen LogP contribution in [0.5, 0.6) is 0 Å². The lowest BCUT2D eigenvalue weighted by molar-refractivity contribution is 0.443. The van der Waals surface area contributed by atoms with Crippen molar-refractivity contribution in [3.8, 4) is 0 Å². The van der Waals surface area contributed by atoms with E-state index in [4.69, 9.17) is 4.98 Å². The quantitative estimate of drug-likeness (QED) is 0.834. The fourth-order valence-corrected chi connectivity index (χ4v) is 3.25. The third-order valence-corrected chi connectivity index (χ3v) is 5.24. The normalized spacial score (nSPS) is 21.7. The monoisotopic (exact) mass is 259 g/mol. The van der Waals surface area contributed by atoms with E-state index in [0.29, 0.717) is 11.5 Å². The van der Waals surface area contributed by atoms with Gasteiger partial charge < -0.3 is 4.90 Å². The van der Waals surface area contributed by atoms with Gasteiger partial charge in [0.1, 0.15) is 11.6 Å². The van der Waals surface area contributed by atoms with E-state index < -0.39 is 0 Å². The Morgan fingerprint density at radius 2 is 1.84 bits per heavy atom. The summed E-state index contributed by atoms with van der Waals surface area (Å²) in [5, 5.41) is 0. The molecule has 1 fully saturated rings. The highest BCUT2D eigenvalue weighted by Gasteiger charge is 2.44. The second kappa shape index (κ2) is 4.46. The molecule has 0 amide bonds. The molecule has 1 saturated carbocycles. The highest BCUT2D eigenvalue weighted by atomic mass is 15.2. The Morgan fingerprint density at radius 1 is 1.16 bits per heavy atom. The first-order valence-electron chi connectivity index (χ1n) is 7.60. The van der Waals surface area contributed by atoms with E-state index in [0.717, 1.165) is 18.7 Å². The molecule has 2 aliphatic carbocycles. The molecule has 1 aromatic rings. The second-order valence-electron chi connectivity index (χ2n) is 6.67. The molecule has 0 bridgehead atoms. The molecule has 104 valence electrons. The Morgan fingerprint density at radius 3 is 2.53 bits per heavy atom. The van der Waals surface area contributed by atoms with Gasteiger partial charge in [-0.3, -0.25) is 0 Å². The van der Waals surface area contributed by atoms with Crippen molar-refractivity contribution in [2.75, 3.05) is 11.9 Å². The van der Waals surface area contributed by atoms with Crippen molar-refractivity contribution in [1.29, 1.82) is 0 Å². The Kier molecular flexibility index (Phi) is 3.03. The van der Waals surface area contributed by atoms with E-state index in [1.807, 2.05) is 6.92 Å². The van der Waals surface area contributed by atoms with Crippen LogP contribution in [0.2, 0.25) is 0 Å². The minimum atomic E-state index is 0.495. The molecule has 1 atom stereocenters. The predicted molar refractivity (Wildman–Crippen MR) is 78.6 cm³/mol. The Labute approximate surface area is 116 Å². The third kappa shape index (κ3) is 2.24. The molecule has 0 radical (unpaired) electrons. The van der Waals surface area contributed by atoms with Crippen molar-refractivity contribution >= 4 is 5.82 Å². The van der Waals surface area contributed by atoms with Gasteiger partial charge in [0.05, 0.1) is 0 Å². The summed E-state index contributed by atoms with van der Waals surface area (Å²) in [7, 11) is 2.21. The number of fused-ring (bicyclic) bond motifs is 1. The molecule has 3 rings (SSSR count). The fourth-order valence-electron chi connectivity index (χ4n) is 3.25. The number of rotatable bonds is 3. The molecular weight excluding hydrogens is 234 g/mol. The average Bonchev–Trinajstić information content (AvgIpc) is 3.15. The first kappa shape index (κ1) is 12.9. The summed E-state index contributed by atoms with van der Waals surface area (Å²) in [4.78, 5) is 11.8. The zero-order valence-electron chi connectivity index (χ0n) is 12.7. The van der Waals surface area contributed by atoms with Crippen molar-refractivity contribution in [2.24, 2.45) is 5.41 Å². The largest absolute Gasteiger partial charge is 0.356 e. The van der Waals surface area contributed by atoms with Gasteiger partial charge in [-0.25, -0.2) is 9.97 Å². The lowest BCUT2D eigenvalue weighted by Gasteiger charge is -2.33. The van der Waals surface area contributed by atoms with Crippen LogP contribution in [0.1, 0.15) is 56.6 Å². The standard InChI is InChI=1S/C16H25N3/c1-11(16(3)9-10-16)19(4)15-13-7-5-6-8-14(13)17-12(2)18-15/h11H,5-10H2,1-4H3. The molecule has 0 saturated heterocycles. The van der Waals surface area contributed by atoms with Gasteiger partial charge in [-0.15, -0.1) is 0 Å². The molecule has 19 heavy (non-hydrogen) atoms. The maximum Gasteiger partial charge on any atom is 0.135 e. The maximum absolute atomic E-state index is 4.76. The highest BCUT2D eigenvalue weighted by Crippen LogP contribution is 2.50. The van der Waals surface area contributed by atoms with E-state index in [9.17, 15) is 0 Å². The molecule has 1 aromatic heterocycles. The molecule has 2 aliphatic rings. The van der Waals surface area contributed by atoms with Crippen molar-refractivity contribution in [1.82, 2.24) is 9.97 Å². The smallest absolute Gasteiger partial charge is 0.135 e. The SMILES string of the molecule is Cc1nc2c(c(N(C)C(C)C3(C)CC3)n1)CCCC2. The van der Waals surface area contributed by atoms with E-state index in [-0.39, 0.29) is 0 Å². The topological polar surface area (TPSA) is 29.0 Å². The zero-order chi connectivity index (χ0) is 13.6. The summed E-state index contributed by atoms with van der Waals surface area (Å²) in [6, 6.07) is 0.563. The van der Waals surface area contributed by atoms with Gasteiger partial charge in [0.2, 0.25) is 0 Å². The fraction of sp³-hybridized carbons (Fsp3) is 0.750. The number of nitrogens with zero attached hydrogens (tertiary/aromatic N) is 3. The lowest BCUT2D eigenvalue weighted by Crippen LogP contribution is -2.37. The number of hydrogen-bond donors (Lipinski definition) is 0. The van der Waals surface area contributed by atoms with Gasteiger partial charge in [-0.1, -0.05) is 6.92 Å². The van der Waals surface area contributed by atoms with Crippen LogP contribution in [-0.2, 0) is 12.8 Å². The number of aryl methyl sites for hydroxylation is 2. The van der Waals surface area contributed by atoms with Crippen LogP contribution in [0.3, 0.4) is 0 Å². The molecule has 0 aromatic carbocycles. The van der Waals surface area contributed by atoms with Gasteiger partial charge in [-0.05, 0) is 57.8 Å². The van der Waals surface area contributed by atoms with Crippen LogP contribution >= 0.6 is 0 Å². The van der Waals surface area contributed by atoms with E-state index in [2.05, 4.69) is 30.8 Å². The second-order valence-corrected chi connectivity index (χ2v) is 6.67. The van der Waals surface area contributed by atoms with Crippen LogP contribution in [0.15, 0.2) is 0 Å². The summed E-state index contributed by atoms with van der Waals surface area (Å²) in [6.45, 7) is 6.77. The first-order valence-corrected chi connectivity index (χ1v) is 7.60. The van der Waals surface area contributed by atoms with Gasteiger partial charge in [0, 0.05) is 24.3 Å². The summed E-state index contributed by atoms with van der Waals surface area (Å²) in [5.41, 5.74) is 3.21. The van der Waals surface area contributed by atoms with Crippen LogP contribution in [0, 0.1) is 12.3 Å². The van der Waals surface area contributed by atoms with Crippen molar-refractivity contribution in [2.45, 2.75) is 65.3 Å². The lowest BCUT2D eigenvalue weighted by atomic mass is 9.94. The van der Waals surface area contributed by atoms with Gasteiger partial charge in [0.15, 0.2) is 0 Å². The van der Waals surface area contributed by atoms with Crippen LogP contribution in [0.25, 0.3) is 0 Å². The zero-order valence-corrected chi connectivity index (χ0v) is 12.7. The molecule has 0 spiro atoms. The van der Waals surface area contributed by atoms with Crippen LogP contribution in [0.4, 0.5) is 5.82 Å². The molecule has 1 unspecified atom stereocenters. The first-order chi connectivity index (χ1) is 9.01. The van der Waals surface area contributed by atoms with Crippen molar-refractivity contribution in [3.05, 3.63) is 17.1 Å². The summed E-state index contributed by atoms with van der Waals surface area (Å²) in [6.07, 6.45) is 7.55. The average molecular weight is 259 g/mol. The van der Waals surface area contributed by atoms with Crippen molar-refractivity contribution in [3.63, 3.8) is 0 Å². The summed E-state index contributed by atoms with van der Waals surface area (Å²) < 4.78 is 0. The molecule has 0 aliphatic heterocycles. The molecule has 3 heteroatoms. The Balaban J connectivity index is 1.97. The number of anilines is 1. The minimum absolute atomic E-state index is 0.495. The highest BCUT2D eigenvalue weighted by molar-refractivity contribution is 5.51. The van der Waals surface area contributed by atoms with E-state index in [1.165, 1.54) is 42.8 Å². The predicted octanol–water partition coefficient (Wildman–Crippen LogP) is 3.29. The molecule has 3 nitrogen and oxygen atoms in total. The van der Waals surface area contributed by atoms with Gasteiger partial charge in [-0.2, -0.15) is 0 Å². The van der Waals surface area contributed by atoms with Crippen LogP contribution < -0.4 is 4.90 Å². The Hall–Kier alpha value is -1.12.